The molecule has 0 spiro atoms. The molecule has 6 nitrogen and oxygen atoms in total. The second kappa shape index (κ2) is 12.1. The number of alkyl halides is 6. The van der Waals surface area contributed by atoms with E-state index in [9.17, 15) is 35.9 Å². The van der Waals surface area contributed by atoms with E-state index < -0.39 is 29.5 Å². The molecule has 3 rings (SSSR count). The second-order valence-corrected chi connectivity index (χ2v) is 9.42. The number of halogens is 6. The summed E-state index contributed by atoms with van der Waals surface area (Å²) in [5.41, 5.74) is -2.29. The van der Waals surface area contributed by atoms with Crippen molar-refractivity contribution in [2.75, 3.05) is 19.6 Å². The summed E-state index contributed by atoms with van der Waals surface area (Å²) in [5.74, 6) is -0.360. The molecule has 0 aromatic heterocycles. The van der Waals surface area contributed by atoms with Crippen LogP contribution in [0.2, 0.25) is 0 Å². The van der Waals surface area contributed by atoms with Gasteiger partial charge in [-0.25, -0.2) is 0 Å². The third-order valence-corrected chi connectivity index (χ3v) is 6.51. The van der Waals surface area contributed by atoms with Crippen LogP contribution in [0.15, 0.2) is 47.5 Å². The number of hydrogen-bond donors (Lipinski definition) is 2. The van der Waals surface area contributed by atoms with Crippen molar-refractivity contribution in [1.29, 1.82) is 0 Å². The predicted octanol–water partition coefficient (Wildman–Crippen LogP) is 4.86. The van der Waals surface area contributed by atoms with Crippen LogP contribution in [0.4, 0.5) is 26.3 Å². The van der Waals surface area contributed by atoms with Crippen LogP contribution in [0.25, 0.3) is 0 Å². The number of carbonyl (C=O) groups excluding carboxylic acids is 2. The van der Waals surface area contributed by atoms with Crippen molar-refractivity contribution in [2.45, 2.75) is 57.5 Å². The zero-order valence-corrected chi connectivity index (χ0v) is 20.9. The van der Waals surface area contributed by atoms with Gasteiger partial charge in [-0.2, -0.15) is 26.3 Å². The molecule has 2 aliphatic rings. The van der Waals surface area contributed by atoms with Crippen molar-refractivity contribution in [2.24, 2.45) is 10.9 Å². The lowest BCUT2D eigenvalue weighted by Crippen LogP contribution is -2.41. The first-order chi connectivity index (χ1) is 17.8. The average Bonchev–Trinajstić information content (AvgIpc) is 2.83. The van der Waals surface area contributed by atoms with Gasteiger partial charge in [-0.1, -0.05) is 24.8 Å². The number of allylic oxidation sites excluding steroid dienone is 1. The molecule has 12 heteroatoms. The Kier molecular flexibility index (Phi) is 9.40. The maximum absolute atomic E-state index is 13.5. The monoisotopic (exact) mass is 544 g/mol. The number of hydrogen-bond acceptors (Lipinski definition) is 4. The molecule has 0 saturated carbocycles. The van der Waals surface area contributed by atoms with Crippen LogP contribution in [-0.4, -0.2) is 48.2 Å². The standard InChI is InChI=1S/C26H30F6N4O2/c1-3-18(23(34-16(2)37)35-22-5-4-10-33-24(22)38)13-17-8-11-36(12-9-17)15-19-6-7-20(25(27,28)29)14-21(19)26(30,31)32/h3,6-7,13-14,17,22H,1,4-5,8-12,15H2,2H3,(H,33,38)(H,34,35,37). The summed E-state index contributed by atoms with van der Waals surface area (Å²) in [5, 5.41) is 5.40. The van der Waals surface area contributed by atoms with Crippen molar-refractivity contribution >= 4 is 17.6 Å². The van der Waals surface area contributed by atoms with Crippen LogP contribution < -0.4 is 10.6 Å². The largest absolute Gasteiger partial charge is 0.416 e. The minimum absolute atomic E-state index is 0.00641. The van der Waals surface area contributed by atoms with E-state index in [2.05, 4.69) is 22.2 Å². The van der Waals surface area contributed by atoms with Gasteiger partial charge in [0, 0.05) is 25.6 Å². The molecule has 1 atom stereocenters. The molecule has 1 aromatic carbocycles. The molecule has 2 aliphatic heterocycles. The van der Waals surface area contributed by atoms with Gasteiger partial charge in [0.05, 0.1) is 11.1 Å². The van der Waals surface area contributed by atoms with Gasteiger partial charge in [-0.15, -0.1) is 0 Å². The van der Waals surface area contributed by atoms with E-state index in [0.717, 1.165) is 12.5 Å². The average molecular weight is 545 g/mol. The highest BCUT2D eigenvalue weighted by molar-refractivity contribution is 6.09. The summed E-state index contributed by atoms with van der Waals surface area (Å²) in [6.45, 7) is 6.40. The Balaban J connectivity index is 1.72. The number of rotatable bonds is 6. The second-order valence-electron chi connectivity index (χ2n) is 9.42. The van der Waals surface area contributed by atoms with Crippen LogP contribution in [0.3, 0.4) is 0 Å². The number of piperidine rings is 2. The number of nitrogens with zero attached hydrogens (tertiary/aromatic N) is 2. The Labute approximate surface area is 216 Å². The summed E-state index contributed by atoms with van der Waals surface area (Å²) < 4.78 is 79.4. The fraction of sp³-hybridized carbons (Fsp3) is 0.500. The first-order valence-electron chi connectivity index (χ1n) is 12.3. The topological polar surface area (TPSA) is 73.8 Å². The van der Waals surface area contributed by atoms with Gasteiger partial charge in [0.15, 0.2) is 0 Å². The minimum Gasteiger partial charge on any atom is -0.354 e. The van der Waals surface area contributed by atoms with Crippen LogP contribution in [0, 0.1) is 5.92 Å². The fourth-order valence-electron chi connectivity index (χ4n) is 4.55. The Morgan fingerprint density at radius 3 is 2.39 bits per heavy atom. The van der Waals surface area contributed by atoms with E-state index >= 15 is 0 Å². The molecule has 1 aromatic rings. The summed E-state index contributed by atoms with van der Waals surface area (Å²) >= 11 is 0. The number of aliphatic imine (C=N–C) groups is 1. The normalized spacial score (nSPS) is 20.7. The molecule has 0 aliphatic carbocycles. The zero-order valence-electron chi connectivity index (χ0n) is 20.9. The third kappa shape index (κ3) is 7.92. The molecule has 2 heterocycles. The molecule has 2 amide bonds. The van der Waals surface area contributed by atoms with E-state index in [1.165, 1.54) is 13.0 Å². The third-order valence-electron chi connectivity index (χ3n) is 6.51. The van der Waals surface area contributed by atoms with Crippen molar-refractivity contribution in [3.05, 3.63) is 59.2 Å². The van der Waals surface area contributed by atoms with Gasteiger partial charge < -0.3 is 10.6 Å². The zero-order chi connectivity index (χ0) is 28.1. The van der Waals surface area contributed by atoms with E-state index in [-0.39, 0.29) is 41.7 Å². The highest BCUT2D eigenvalue weighted by Gasteiger charge is 2.38. The quantitative estimate of drug-likeness (QED) is 0.233. The molecular formula is C26H30F6N4O2. The van der Waals surface area contributed by atoms with E-state index in [4.69, 9.17) is 0 Å². The van der Waals surface area contributed by atoms with Gasteiger partial charge in [0.2, 0.25) is 11.8 Å². The summed E-state index contributed by atoms with van der Waals surface area (Å²) in [7, 11) is 0. The molecule has 2 fully saturated rings. The fourth-order valence-corrected chi connectivity index (χ4v) is 4.55. The summed E-state index contributed by atoms with van der Waals surface area (Å²) in [6, 6.07) is 1.09. The maximum atomic E-state index is 13.5. The number of amides is 2. The van der Waals surface area contributed by atoms with Gasteiger partial charge in [-0.3, -0.25) is 19.5 Å². The molecule has 208 valence electrons. The molecule has 2 N–H and O–H groups in total. The lowest BCUT2D eigenvalue weighted by Gasteiger charge is -2.32. The first kappa shape index (κ1) is 29.4. The van der Waals surface area contributed by atoms with E-state index in [1.54, 1.807) is 4.90 Å². The summed E-state index contributed by atoms with van der Waals surface area (Å²) in [6.07, 6.45) is -3.95. The maximum Gasteiger partial charge on any atom is 0.416 e. The molecule has 0 radical (unpaired) electrons. The molecule has 0 bridgehead atoms. The minimum atomic E-state index is -4.91. The smallest absolute Gasteiger partial charge is 0.354 e. The Hall–Kier alpha value is -3.15. The summed E-state index contributed by atoms with van der Waals surface area (Å²) in [4.78, 5) is 30.2. The number of likely N-dealkylation sites (tertiary alicyclic amines) is 1. The van der Waals surface area contributed by atoms with Gasteiger partial charge >= 0.3 is 12.4 Å². The first-order valence-corrected chi connectivity index (χ1v) is 12.3. The van der Waals surface area contributed by atoms with E-state index in [1.807, 2.05) is 6.08 Å². The van der Waals surface area contributed by atoms with Gasteiger partial charge in [-0.05, 0) is 62.4 Å². The molecule has 1 unspecified atom stereocenters. The Morgan fingerprint density at radius 2 is 1.84 bits per heavy atom. The molecule has 2 saturated heterocycles. The van der Waals surface area contributed by atoms with E-state index in [0.29, 0.717) is 50.5 Å². The van der Waals surface area contributed by atoms with Crippen LogP contribution in [0.5, 0.6) is 0 Å². The Morgan fingerprint density at radius 1 is 1.16 bits per heavy atom. The number of amidine groups is 1. The predicted molar refractivity (Wildman–Crippen MR) is 130 cm³/mol. The Bertz CT molecular complexity index is 1100. The number of carbonyl (C=O) groups is 2. The van der Waals surface area contributed by atoms with Gasteiger partial charge in [0.1, 0.15) is 11.9 Å². The van der Waals surface area contributed by atoms with Crippen LogP contribution in [-0.2, 0) is 28.5 Å². The van der Waals surface area contributed by atoms with Crippen molar-refractivity contribution in [3.8, 4) is 0 Å². The highest BCUT2D eigenvalue weighted by atomic mass is 19.4. The number of benzene rings is 1. The highest BCUT2D eigenvalue weighted by Crippen LogP contribution is 2.38. The lowest BCUT2D eigenvalue weighted by atomic mass is 9.93. The van der Waals surface area contributed by atoms with Crippen molar-refractivity contribution < 1.29 is 35.9 Å². The molecular weight excluding hydrogens is 514 g/mol. The lowest BCUT2D eigenvalue weighted by molar-refractivity contribution is -0.143. The van der Waals surface area contributed by atoms with Crippen LogP contribution >= 0.6 is 0 Å². The molecule has 38 heavy (non-hydrogen) atoms. The number of nitrogens with one attached hydrogen (secondary N) is 2. The van der Waals surface area contributed by atoms with Crippen molar-refractivity contribution in [1.82, 2.24) is 15.5 Å². The SMILES string of the molecule is C=CC(=CC1CCN(Cc2ccc(C(F)(F)F)cc2C(F)(F)F)CC1)C(=NC1CCCNC1=O)NC(C)=O. The van der Waals surface area contributed by atoms with Crippen molar-refractivity contribution in [3.63, 3.8) is 0 Å². The van der Waals surface area contributed by atoms with Gasteiger partial charge in [0.25, 0.3) is 0 Å². The van der Waals surface area contributed by atoms with Crippen LogP contribution in [0.1, 0.15) is 49.3 Å².